The second-order valence-corrected chi connectivity index (χ2v) is 11.4. The lowest BCUT2D eigenvalue weighted by Crippen LogP contribution is -2.40. The number of hydrogen-bond donors (Lipinski definition) is 1. The van der Waals surface area contributed by atoms with Crippen LogP contribution in [0.2, 0.25) is 18.1 Å². The molecule has 3 heteroatoms. The minimum absolute atomic E-state index is 0.295. The topological polar surface area (TPSA) is 29.5 Å². The van der Waals surface area contributed by atoms with Gasteiger partial charge in [-0.05, 0) is 43.8 Å². The van der Waals surface area contributed by atoms with Crippen LogP contribution in [-0.2, 0) is 4.43 Å². The van der Waals surface area contributed by atoms with E-state index in [1.165, 1.54) is 0 Å². The molecule has 0 radical (unpaired) electrons. The molecule has 1 unspecified atom stereocenters. The molecule has 0 heterocycles. The highest BCUT2D eigenvalue weighted by Crippen LogP contribution is 2.36. The number of aliphatic hydroxyl groups excluding tert-OH is 1. The van der Waals surface area contributed by atoms with Gasteiger partial charge in [-0.15, -0.1) is 6.58 Å². The van der Waals surface area contributed by atoms with Gasteiger partial charge in [0.25, 0.3) is 0 Å². The SMILES string of the molecule is C=CC(O)CC/C=C/CCCO[Si](C)(C)C(C)(C)C. The fourth-order valence-electron chi connectivity index (χ4n) is 1.37. The largest absolute Gasteiger partial charge is 0.417 e. The molecule has 2 nitrogen and oxygen atoms in total. The summed E-state index contributed by atoms with van der Waals surface area (Å²) in [5.74, 6) is 0. The average molecular weight is 285 g/mol. The molecule has 1 N–H and O–H groups in total. The van der Waals surface area contributed by atoms with E-state index in [0.29, 0.717) is 5.04 Å². The van der Waals surface area contributed by atoms with Crippen molar-refractivity contribution in [3.05, 3.63) is 24.8 Å². The molecule has 0 bridgehead atoms. The Kier molecular flexibility index (Phi) is 8.55. The minimum Gasteiger partial charge on any atom is -0.417 e. The van der Waals surface area contributed by atoms with Crippen LogP contribution in [0.3, 0.4) is 0 Å². The Hall–Kier alpha value is -0.383. The van der Waals surface area contributed by atoms with Crippen LogP contribution in [0.25, 0.3) is 0 Å². The maximum absolute atomic E-state index is 9.30. The summed E-state index contributed by atoms with van der Waals surface area (Å²) >= 11 is 0. The van der Waals surface area contributed by atoms with E-state index in [1.54, 1.807) is 6.08 Å². The highest BCUT2D eigenvalue weighted by molar-refractivity contribution is 6.74. The van der Waals surface area contributed by atoms with Crippen molar-refractivity contribution in [3.8, 4) is 0 Å². The van der Waals surface area contributed by atoms with Gasteiger partial charge < -0.3 is 9.53 Å². The summed E-state index contributed by atoms with van der Waals surface area (Å²) in [6, 6.07) is 0. The minimum atomic E-state index is -1.57. The Morgan fingerprint density at radius 3 is 2.32 bits per heavy atom. The summed E-state index contributed by atoms with van der Waals surface area (Å²) < 4.78 is 6.11. The van der Waals surface area contributed by atoms with Crippen molar-refractivity contribution < 1.29 is 9.53 Å². The summed E-state index contributed by atoms with van der Waals surface area (Å²) in [5, 5.41) is 9.59. The van der Waals surface area contributed by atoms with Crippen molar-refractivity contribution in [3.63, 3.8) is 0 Å². The standard InChI is InChI=1S/C16H32O2Si/c1-7-15(17)13-11-9-8-10-12-14-18-19(5,6)16(2,3)4/h7-9,15,17H,1,10-14H2,2-6H3/b9-8+. The number of unbranched alkanes of at least 4 members (excludes halogenated alkanes) is 1. The fourth-order valence-corrected chi connectivity index (χ4v) is 2.45. The van der Waals surface area contributed by atoms with E-state index in [4.69, 9.17) is 4.43 Å². The first-order chi connectivity index (χ1) is 8.70. The Morgan fingerprint density at radius 2 is 1.79 bits per heavy atom. The zero-order valence-electron chi connectivity index (χ0n) is 13.4. The second kappa shape index (κ2) is 8.72. The van der Waals surface area contributed by atoms with Crippen molar-refractivity contribution >= 4 is 8.32 Å². The maximum Gasteiger partial charge on any atom is 0.191 e. The van der Waals surface area contributed by atoms with E-state index in [9.17, 15) is 5.11 Å². The maximum atomic E-state index is 9.30. The highest BCUT2D eigenvalue weighted by atomic mass is 28.4. The van der Waals surface area contributed by atoms with Crippen LogP contribution >= 0.6 is 0 Å². The van der Waals surface area contributed by atoms with Crippen LogP contribution in [0.5, 0.6) is 0 Å². The van der Waals surface area contributed by atoms with Crippen LogP contribution < -0.4 is 0 Å². The third-order valence-electron chi connectivity index (χ3n) is 3.85. The quantitative estimate of drug-likeness (QED) is 0.379. The molecule has 0 aromatic rings. The molecule has 19 heavy (non-hydrogen) atoms. The Balaban J connectivity index is 3.66. The molecule has 0 aliphatic rings. The lowest BCUT2D eigenvalue weighted by atomic mass is 10.2. The molecule has 0 saturated heterocycles. The van der Waals surface area contributed by atoms with Gasteiger partial charge in [0.05, 0.1) is 6.10 Å². The molecule has 0 saturated carbocycles. The van der Waals surface area contributed by atoms with Crippen molar-refractivity contribution in [2.24, 2.45) is 0 Å². The fraction of sp³-hybridized carbons (Fsp3) is 0.750. The molecular weight excluding hydrogens is 252 g/mol. The summed E-state index contributed by atoms with van der Waals surface area (Å²) in [7, 11) is -1.57. The monoisotopic (exact) mass is 284 g/mol. The number of aliphatic hydroxyl groups is 1. The van der Waals surface area contributed by atoms with Gasteiger partial charge in [0.1, 0.15) is 0 Å². The van der Waals surface area contributed by atoms with Crippen LogP contribution in [0, 0.1) is 0 Å². The number of rotatable bonds is 9. The lowest BCUT2D eigenvalue weighted by Gasteiger charge is -2.36. The molecule has 0 aromatic heterocycles. The van der Waals surface area contributed by atoms with E-state index in [2.05, 4.69) is 52.6 Å². The lowest BCUT2D eigenvalue weighted by molar-refractivity contribution is 0.214. The molecule has 0 rings (SSSR count). The first-order valence-corrected chi connectivity index (χ1v) is 10.2. The van der Waals surface area contributed by atoms with Gasteiger partial charge in [-0.2, -0.15) is 0 Å². The predicted octanol–water partition coefficient (Wildman–Crippen LogP) is 4.67. The average Bonchev–Trinajstić information content (AvgIpc) is 2.30. The normalized spacial score (nSPS) is 14.8. The predicted molar refractivity (Wildman–Crippen MR) is 87.0 cm³/mol. The number of hydrogen-bond acceptors (Lipinski definition) is 2. The number of allylic oxidation sites excluding steroid dienone is 2. The zero-order valence-corrected chi connectivity index (χ0v) is 14.4. The smallest absolute Gasteiger partial charge is 0.191 e. The van der Waals surface area contributed by atoms with Crippen LogP contribution in [0.4, 0.5) is 0 Å². The third kappa shape index (κ3) is 8.40. The summed E-state index contributed by atoms with van der Waals surface area (Å²) in [6.07, 6.45) is 9.35. The van der Waals surface area contributed by atoms with Gasteiger partial charge in [0, 0.05) is 6.61 Å². The summed E-state index contributed by atoms with van der Waals surface area (Å²) in [4.78, 5) is 0. The molecule has 0 aliphatic heterocycles. The Bertz CT molecular complexity index is 277. The van der Waals surface area contributed by atoms with E-state index >= 15 is 0 Å². The first kappa shape index (κ1) is 18.6. The van der Waals surface area contributed by atoms with Gasteiger partial charge in [-0.25, -0.2) is 0 Å². The Labute approximate surface area is 120 Å². The first-order valence-electron chi connectivity index (χ1n) is 7.30. The van der Waals surface area contributed by atoms with Crippen LogP contribution in [-0.4, -0.2) is 26.1 Å². The van der Waals surface area contributed by atoms with Crippen LogP contribution in [0.15, 0.2) is 24.8 Å². The molecular formula is C16H32O2Si. The van der Waals surface area contributed by atoms with Crippen molar-refractivity contribution in [2.45, 2.75) is 70.7 Å². The van der Waals surface area contributed by atoms with E-state index in [1.807, 2.05) is 0 Å². The van der Waals surface area contributed by atoms with Crippen molar-refractivity contribution in [2.75, 3.05) is 6.61 Å². The molecule has 0 aromatic carbocycles. The second-order valence-electron chi connectivity index (χ2n) is 6.60. The van der Waals surface area contributed by atoms with Gasteiger partial charge in [-0.3, -0.25) is 0 Å². The summed E-state index contributed by atoms with van der Waals surface area (Å²) in [5.41, 5.74) is 0. The van der Waals surface area contributed by atoms with Crippen LogP contribution in [0.1, 0.15) is 46.5 Å². The van der Waals surface area contributed by atoms with Crippen molar-refractivity contribution in [1.29, 1.82) is 0 Å². The van der Waals surface area contributed by atoms with E-state index in [0.717, 1.165) is 32.3 Å². The van der Waals surface area contributed by atoms with Crippen molar-refractivity contribution in [1.82, 2.24) is 0 Å². The Morgan fingerprint density at radius 1 is 1.21 bits per heavy atom. The molecule has 0 spiro atoms. The molecule has 112 valence electrons. The van der Waals surface area contributed by atoms with E-state index in [-0.39, 0.29) is 6.10 Å². The summed E-state index contributed by atoms with van der Waals surface area (Å²) in [6.45, 7) is 15.8. The van der Waals surface area contributed by atoms with Gasteiger partial charge in [0.2, 0.25) is 0 Å². The molecule has 0 amide bonds. The third-order valence-corrected chi connectivity index (χ3v) is 8.39. The van der Waals surface area contributed by atoms with E-state index < -0.39 is 8.32 Å². The van der Waals surface area contributed by atoms with Gasteiger partial charge >= 0.3 is 0 Å². The molecule has 0 aliphatic carbocycles. The molecule has 1 atom stereocenters. The molecule has 0 fully saturated rings. The zero-order chi connectivity index (χ0) is 14.9. The van der Waals surface area contributed by atoms with Gasteiger partial charge in [-0.1, -0.05) is 39.0 Å². The van der Waals surface area contributed by atoms with Gasteiger partial charge in [0.15, 0.2) is 8.32 Å². The highest BCUT2D eigenvalue weighted by Gasteiger charge is 2.36.